The van der Waals surface area contributed by atoms with Crippen molar-refractivity contribution in [3.63, 3.8) is 0 Å². The Hall–Kier alpha value is -1.38. The second-order valence-electron chi connectivity index (χ2n) is 5.20. The number of thiocarbonyl (C=S) groups is 1. The van der Waals surface area contributed by atoms with Gasteiger partial charge in [-0.15, -0.1) is 0 Å². The lowest BCUT2D eigenvalue weighted by Crippen LogP contribution is -2.57. The molecule has 0 unspecified atom stereocenters. The van der Waals surface area contributed by atoms with Crippen molar-refractivity contribution >= 4 is 35.4 Å². The van der Waals surface area contributed by atoms with Crippen LogP contribution in [0.3, 0.4) is 0 Å². The van der Waals surface area contributed by atoms with Crippen LogP contribution in [0.1, 0.15) is 0 Å². The van der Waals surface area contributed by atoms with Crippen molar-refractivity contribution in [1.29, 1.82) is 0 Å². The number of aliphatic imine (C=N–C) groups is 1. The van der Waals surface area contributed by atoms with Gasteiger partial charge in [0.1, 0.15) is 0 Å². The van der Waals surface area contributed by atoms with E-state index in [1.165, 1.54) is 16.0 Å². The van der Waals surface area contributed by atoms with Gasteiger partial charge in [0.15, 0.2) is 11.0 Å². The van der Waals surface area contributed by atoms with Gasteiger partial charge in [-0.1, -0.05) is 0 Å². The fourth-order valence-corrected chi connectivity index (χ4v) is 2.56. The Morgan fingerprint density at radius 2 is 1.81 bits per heavy atom. The highest BCUT2D eigenvalue weighted by atomic mass is 32.1. The molecule has 1 N–H and O–H groups in total. The van der Waals surface area contributed by atoms with Gasteiger partial charge in [0.2, 0.25) is 11.8 Å². The monoisotopic (exact) mass is 311 g/mol. The maximum Gasteiger partial charge on any atom is 0.246 e. The van der Waals surface area contributed by atoms with Crippen LogP contribution in [0.25, 0.3) is 0 Å². The molecule has 21 heavy (non-hydrogen) atoms. The molecule has 2 aliphatic heterocycles. The van der Waals surface area contributed by atoms with Gasteiger partial charge in [0.25, 0.3) is 0 Å². The summed E-state index contributed by atoms with van der Waals surface area (Å²) in [7, 11) is 3.16. The lowest BCUT2D eigenvalue weighted by molar-refractivity contribution is -0.142. The number of hydrogen-bond acceptors (Lipinski definition) is 6. The molecule has 0 aromatic heterocycles. The van der Waals surface area contributed by atoms with E-state index in [0.717, 1.165) is 32.7 Å². The lowest BCUT2D eigenvalue weighted by Gasteiger charge is -2.33. The van der Waals surface area contributed by atoms with Crippen molar-refractivity contribution in [3.8, 4) is 0 Å². The molecule has 0 saturated carbocycles. The molecule has 116 valence electrons. The van der Waals surface area contributed by atoms with E-state index >= 15 is 0 Å². The van der Waals surface area contributed by atoms with Crippen LogP contribution in [0.2, 0.25) is 0 Å². The van der Waals surface area contributed by atoms with E-state index in [2.05, 4.69) is 15.2 Å². The smallest absolute Gasteiger partial charge is 0.246 e. The van der Waals surface area contributed by atoms with Gasteiger partial charge in [-0.3, -0.25) is 29.3 Å². The van der Waals surface area contributed by atoms with Crippen molar-refractivity contribution in [2.45, 2.75) is 0 Å². The zero-order chi connectivity index (χ0) is 15.4. The molecule has 0 atom stereocenters. The summed E-state index contributed by atoms with van der Waals surface area (Å²) in [6.07, 6.45) is 1.46. The molecule has 2 fully saturated rings. The molecule has 7 nitrogen and oxygen atoms in total. The van der Waals surface area contributed by atoms with Crippen LogP contribution in [0.4, 0.5) is 0 Å². The maximum absolute atomic E-state index is 12.1. The average Bonchev–Trinajstić information content (AvgIpc) is 2.51. The van der Waals surface area contributed by atoms with Gasteiger partial charge in [-0.2, -0.15) is 0 Å². The summed E-state index contributed by atoms with van der Waals surface area (Å²) in [5.41, 5.74) is 0. The molecule has 0 aliphatic carbocycles. The molecule has 8 heteroatoms. The van der Waals surface area contributed by atoms with E-state index in [9.17, 15) is 9.59 Å². The van der Waals surface area contributed by atoms with Gasteiger partial charge in [0.05, 0.1) is 6.54 Å². The number of nitrogens with one attached hydrogen (secondary N) is 1. The molecule has 2 aliphatic rings. The normalized spacial score (nSPS) is 22.7. The number of nitrogens with zero attached hydrogens (tertiary/aromatic N) is 4. The molecule has 2 amide bonds. The highest BCUT2D eigenvalue weighted by Gasteiger charge is 2.39. The summed E-state index contributed by atoms with van der Waals surface area (Å²) in [5, 5.41) is 3.52. The zero-order valence-electron chi connectivity index (χ0n) is 12.4. The van der Waals surface area contributed by atoms with Gasteiger partial charge in [-0.25, -0.2) is 0 Å². The predicted molar refractivity (Wildman–Crippen MR) is 84.3 cm³/mol. The highest BCUT2D eigenvalue weighted by Crippen LogP contribution is 2.13. The molecule has 0 aromatic carbocycles. The number of carbonyl (C=O) groups excluding carboxylic acids is 2. The fraction of sp³-hybridized carbons (Fsp3) is 0.692. The molecule has 0 radical (unpaired) electrons. The summed E-state index contributed by atoms with van der Waals surface area (Å²) in [4.78, 5) is 33.4. The Labute approximate surface area is 130 Å². The van der Waals surface area contributed by atoms with Crippen LogP contribution < -0.4 is 5.32 Å². The van der Waals surface area contributed by atoms with E-state index in [1.54, 1.807) is 14.1 Å². The third-order valence-corrected chi connectivity index (χ3v) is 4.32. The van der Waals surface area contributed by atoms with Crippen LogP contribution in [0.5, 0.6) is 0 Å². The quantitative estimate of drug-likeness (QED) is 0.401. The minimum absolute atomic E-state index is 0.232. The molecular formula is C13H21N5O2S. The van der Waals surface area contributed by atoms with Crippen molar-refractivity contribution in [3.05, 3.63) is 0 Å². The topological polar surface area (TPSA) is 68.2 Å². The largest absolute Gasteiger partial charge is 0.314 e. The summed E-state index contributed by atoms with van der Waals surface area (Å²) in [6, 6.07) is 0. The minimum Gasteiger partial charge on any atom is -0.314 e. The fourth-order valence-electron chi connectivity index (χ4n) is 2.38. The molecule has 2 saturated heterocycles. The van der Waals surface area contributed by atoms with Gasteiger partial charge < -0.3 is 5.32 Å². The van der Waals surface area contributed by atoms with Gasteiger partial charge >= 0.3 is 0 Å². The first-order chi connectivity index (χ1) is 10.0. The van der Waals surface area contributed by atoms with Gasteiger partial charge in [0, 0.05) is 53.0 Å². The Bertz CT molecular complexity index is 437. The summed E-state index contributed by atoms with van der Waals surface area (Å²) >= 11 is 5.03. The molecule has 0 aromatic rings. The number of hydrogen-bond donors (Lipinski definition) is 1. The summed E-state index contributed by atoms with van der Waals surface area (Å²) in [5.74, 6) is -1.47. The van der Waals surface area contributed by atoms with Crippen molar-refractivity contribution < 1.29 is 9.59 Å². The minimum atomic E-state index is -0.852. The highest BCUT2D eigenvalue weighted by molar-refractivity contribution is 7.80. The zero-order valence-corrected chi connectivity index (χ0v) is 13.2. The molecule has 2 rings (SSSR count). The Balaban J connectivity index is 1.88. The Morgan fingerprint density at radius 3 is 2.38 bits per heavy atom. The van der Waals surface area contributed by atoms with Crippen LogP contribution in [0.15, 0.2) is 4.99 Å². The van der Waals surface area contributed by atoms with Crippen LogP contribution in [-0.4, -0.2) is 91.2 Å². The SMILES string of the molecule is CN1C(=O)C(C=NCCN2CCNCC2)C(=O)N(C)C1=S. The number of carbonyl (C=O) groups is 2. The molecule has 2 heterocycles. The first-order valence-corrected chi connectivity index (χ1v) is 7.45. The third-order valence-electron chi connectivity index (χ3n) is 3.78. The predicted octanol–water partition coefficient (Wildman–Crippen LogP) is -1.21. The summed E-state index contributed by atoms with van der Waals surface area (Å²) < 4.78 is 0. The molecule has 0 spiro atoms. The van der Waals surface area contributed by atoms with E-state index < -0.39 is 5.92 Å². The van der Waals surface area contributed by atoms with Crippen LogP contribution >= 0.6 is 12.2 Å². The number of rotatable bonds is 4. The van der Waals surface area contributed by atoms with Crippen LogP contribution in [-0.2, 0) is 9.59 Å². The van der Waals surface area contributed by atoms with E-state index in [-0.39, 0.29) is 16.9 Å². The van der Waals surface area contributed by atoms with Crippen molar-refractivity contribution in [1.82, 2.24) is 20.0 Å². The maximum atomic E-state index is 12.1. The lowest BCUT2D eigenvalue weighted by atomic mass is 10.1. The van der Waals surface area contributed by atoms with Crippen molar-refractivity contribution in [2.75, 3.05) is 53.4 Å². The van der Waals surface area contributed by atoms with Crippen molar-refractivity contribution in [2.24, 2.45) is 10.9 Å². The number of piperazine rings is 1. The molecular weight excluding hydrogens is 290 g/mol. The van der Waals surface area contributed by atoms with E-state index in [4.69, 9.17) is 12.2 Å². The van der Waals surface area contributed by atoms with Crippen LogP contribution in [0, 0.1) is 5.92 Å². The van der Waals surface area contributed by atoms with Gasteiger partial charge in [-0.05, 0) is 12.2 Å². The first-order valence-electron chi connectivity index (χ1n) is 7.04. The number of amides is 2. The summed E-state index contributed by atoms with van der Waals surface area (Å²) in [6.45, 7) is 5.45. The standard InChI is InChI=1S/C13H21N5O2S/c1-16-11(19)10(12(20)17(2)13(16)21)9-15-5-8-18-6-3-14-4-7-18/h9-10,14H,3-8H2,1-2H3. The Kier molecular flexibility index (Phi) is 5.38. The first kappa shape index (κ1) is 16.0. The third kappa shape index (κ3) is 3.63. The average molecular weight is 311 g/mol. The van der Waals surface area contributed by atoms with E-state index in [1.807, 2.05) is 0 Å². The molecule has 0 bridgehead atoms. The van der Waals surface area contributed by atoms with E-state index in [0.29, 0.717) is 6.54 Å². The second-order valence-corrected chi connectivity index (χ2v) is 5.57. The Morgan fingerprint density at radius 1 is 1.24 bits per heavy atom. The second kappa shape index (κ2) is 7.06.